The summed E-state index contributed by atoms with van der Waals surface area (Å²) in [6.07, 6.45) is 1.26. The summed E-state index contributed by atoms with van der Waals surface area (Å²) in [7, 11) is 1.57. The van der Waals surface area contributed by atoms with Crippen LogP contribution in [0.4, 0.5) is 5.69 Å². The molecule has 0 spiro atoms. The van der Waals surface area contributed by atoms with Crippen LogP contribution >= 0.6 is 0 Å². The first-order valence-corrected chi connectivity index (χ1v) is 12.3. The Kier molecular flexibility index (Phi) is 6.72. The number of carbonyl (C=O) groups is 1. The molecule has 1 N–H and O–H groups in total. The number of carbonyl (C=O) groups excluding carboxylic acids is 1. The molecule has 0 aliphatic carbocycles. The number of methoxy groups -OCH3 is 1. The average Bonchev–Trinajstić information content (AvgIpc) is 3.18. The molecule has 0 saturated heterocycles. The van der Waals surface area contributed by atoms with Crippen molar-refractivity contribution < 1.29 is 19.0 Å². The van der Waals surface area contributed by atoms with E-state index in [9.17, 15) is 9.59 Å². The Morgan fingerprint density at radius 3 is 2.57 bits per heavy atom. The molecular weight excluding hydrogens is 470 g/mol. The summed E-state index contributed by atoms with van der Waals surface area (Å²) in [5, 5.41) is 2.89. The summed E-state index contributed by atoms with van der Waals surface area (Å²) in [5.41, 5.74) is 3.54. The predicted octanol–water partition coefficient (Wildman–Crippen LogP) is 4.94. The summed E-state index contributed by atoms with van der Waals surface area (Å²) in [5.74, 6) is 1.83. The number of rotatable bonds is 8. The smallest absolute Gasteiger partial charge is 0.278 e. The van der Waals surface area contributed by atoms with Crippen LogP contribution in [-0.4, -0.2) is 29.0 Å². The lowest BCUT2D eigenvalue weighted by Gasteiger charge is -2.21. The molecule has 0 radical (unpaired) electrons. The van der Waals surface area contributed by atoms with Gasteiger partial charge in [0.1, 0.15) is 12.3 Å². The van der Waals surface area contributed by atoms with Crippen LogP contribution < -0.4 is 25.1 Å². The normalized spacial score (nSPS) is 11.8. The Morgan fingerprint density at radius 1 is 1.05 bits per heavy atom. The molecule has 0 saturated carbocycles. The van der Waals surface area contributed by atoms with Crippen LogP contribution in [0.3, 0.4) is 0 Å². The van der Waals surface area contributed by atoms with Crippen molar-refractivity contribution in [3.63, 3.8) is 0 Å². The molecule has 1 aliphatic heterocycles. The third-order valence-electron chi connectivity index (χ3n) is 6.35. The van der Waals surface area contributed by atoms with Crippen LogP contribution in [0.2, 0.25) is 0 Å². The van der Waals surface area contributed by atoms with Crippen LogP contribution in [-0.2, 0) is 24.2 Å². The van der Waals surface area contributed by atoms with Crippen LogP contribution in [0, 0.1) is 0 Å². The van der Waals surface area contributed by atoms with Crippen LogP contribution in [0.15, 0.2) is 71.5 Å². The molecule has 3 aromatic carbocycles. The lowest BCUT2D eigenvalue weighted by atomic mass is 10.0. The molecule has 0 fully saturated rings. The number of para-hydroxylation sites is 1. The maximum absolute atomic E-state index is 13.7. The Hall–Kier alpha value is -4.46. The Balaban J connectivity index is 1.57. The number of aryl methyl sites for hydroxylation is 1. The number of benzene rings is 3. The molecule has 0 unspecified atom stereocenters. The van der Waals surface area contributed by atoms with Gasteiger partial charge in [-0.2, -0.15) is 0 Å². The van der Waals surface area contributed by atoms with Crippen molar-refractivity contribution in [1.29, 1.82) is 0 Å². The van der Waals surface area contributed by atoms with Crippen LogP contribution in [0.5, 0.6) is 23.1 Å². The third kappa shape index (κ3) is 4.70. The molecule has 1 aromatic heterocycles. The highest BCUT2D eigenvalue weighted by Crippen LogP contribution is 2.42. The number of aromatic nitrogens is 2. The average molecular weight is 500 g/mol. The van der Waals surface area contributed by atoms with Crippen molar-refractivity contribution in [2.24, 2.45) is 0 Å². The highest BCUT2D eigenvalue weighted by molar-refractivity contribution is 5.90. The fourth-order valence-electron chi connectivity index (χ4n) is 4.52. The zero-order valence-corrected chi connectivity index (χ0v) is 21.1. The summed E-state index contributed by atoms with van der Waals surface area (Å²) >= 11 is 0. The maximum atomic E-state index is 13.7. The monoisotopic (exact) mass is 499 g/mol. The van der Waals surface area contributed by atoms with Crippen molar-refractivity contribution >= 4 is 11.6 Å². The number of hydrogen-bond donors (Lipinski definition) is 1. The molecule has 190 valence electrons. The standard InChI is InChI=1S/C29H29N3O5/c1-4-19-12-14-22(15-13-19)32-28(34)24-16-20-8-6-11-25(36-5-2)27(20)37-29(24)31(32)18-26(33)30-21-9-7-10-23(17-21)35-3/h6-15,17H,4-5,16,18H2,1-3H3,(H,30,33). The second-order valence-corrected chi connectivity index (χ2v) is 8.71. The quantitative estimate of drug-likeness (QED) is 0.327. The van der Waals surface area contributed by atoms with Gasteiger partial charge < -0.3 is 19.5 Å². The highest BCUT2D eigenvalue weighted by atomic mass is 16.5. The van der Waals surface area contributed by atoms with E-state index in [1.807, 2.05) is 49.4 Å². The van der Waals surface area contributed by atoms with Gasteiger partial charge in [0, 0.05) is 23.7 Å². The van der Waals surface area contributed by atoms with Gasteiger partial charge in [-0.05, 0) is 49.2 Å². The predicted molar refractivity (Wildman–Crippen MR) is 142 cm³/mol. The lowest BCUT2D eigenvalue weighted by Crippen LogP contribution is -2.27. The number of amides is 1. The molecule has 0 atom stereocenters. The summed E-state index contributed by atoms with van der Waals surface area (Å²) in [4.78, 5) is 26.9. The maximum Gasteiger partial charge on any atom is 0.278 e. The van der Waals surface area contributed by atoms with Gasteiger partial charge in [0.25, 0.3) is 5.56 Å². The van der Waals surface area contributed by atoms with Gasteiger partial charge >= 0.3 is 0 Å². The van der Waals surface area contributed by atoms with Crippen LogP contribution in [0.25, 0.3) is 5.69 Å². The fourth-order valence-corrected chi connectivity index (χ4v) is 4.52. The Morgan fingerprint density at radius 2 is 1.84 bits per heavy atom. The molecule has 1 amide bonds. The van der Waals surface area contributed by atoms with Gasteiger partial charge in [0.2, 0.25) is 11.8 Å². The Bertz CT molecular complexity index is 1500. The van der Waals surface area contributed by atoms with E-state index in [1.54, 1.807) is 36.1 Å². The van der Waals surface area contributed by atoms with Crippen molar-refractivity contribution in [3.8, 4) is 28.8 Å². The minimum Gasteiger partial charge on any atom is -0.497 e. The minimum absolute atomic E-state index is 0.135. The van der Waals surface area contributed by atoms with E-state index >= 15 is 0 Å². The zero-order valence-electron chi connectivity index (χ0n) is 21.1. The van der Waals surface area contributed by atoms with Crippen molar-refractivity contribution in [2.75, 3.05) is 19.0 Å². The van der Waals surface area contributed by atoms with Gasteiger partial charge in [-0.25, -0.2) is 9.36 Å². The number of nitrogens with one attached hydrogen (secondary N) is 1. The number of ether oxygens (including phenoxy) is 3. The summed E-state index contributed by atoms with van der Waals surface area (Å²) in [6, 6.07) is 20.5. The first kappa shape index (κ1) is 24.2. The van der Waals surface area contributed by atoms with E-state index in [-0.39, 0.29) is 18.0 Å². The van der Waals surface area contributed by atoms with Crippen molar-refractivity contribution in [1.82, 2.24) is 9.36 Å². The zero-order chi connectivity index (χ0) is 25.9. The van der Waals surface area contributed by atoms with E-state index in [0.29, 0.717) is 53.1 Å². The third-order valence-corrected chi connectivity index (χ3v) is 6.35. The van der Waals surface area contributed by atoms with E-state index in [4.69, 9.17) is 14.2 Å². The Labute approximate surface area is 215 Å². The van der Waals surface area contributed by atoms with Crippen molar-refractivity contribution in [3.05, 3.63) is 93.8 Å². The first-order chi connectivity index (χ1) is 18.0. The van der Waals surface area contributed by atoms with Crippen molar-refractivity contribution in [2.45, 2.75) is 33.2 Å². The first-order valence-electron chi connectivity index (χ1n) is 12.3. The van der Waals surface area contributed by atoms with Gasteiger partial charge in [0.05, 0.1) is 25.0 Å². The molecule has 2 heterocycles. The molecule has 4 aromatic rings. The molecule has 8 nitrogen and oxygen atoms in total. The van der Waals surface area contributed by atoms with Gasteiger partial charge in [0.15, 0.2) is 11.5 Å². The van der Waals surface area contributed by atoms with E-state index in [2.05, 4.69) is 12.2 Å². The summed E-state index contributed by atoms with van der Waals surface area (Å²) < 4.78 is 20.5. The molecule has 8 heteroatoms. The SMILES string of the molecule is CCOc1cccc2c1Oc1c(c(=O)n(-c3ccc(CC)cc3)n1CC(=O)Nc1cccc(OC)c1)C2. The summed E-state index contributed by atoms with van der Waals surface area (Å²) in [6.45, 7) is 4.33. The minimum atomic E-state index is -0.308. The topological polar surface area (TPSA) is 83.7 Å². The largest absolute Gasteiger partial charge is 0.497 e. The lowest BCUT2D eigenvalue weighted by molar-refractivity contribution is -0.117. The van der Waals surface area contributed by atoms with Crippen LogP contribution in [0.1, 0.15) is 30.5 Å². The number of hydrogen-bond acceptors (Lipinski definition) is 5. The number of anilines is 1. The highest BCUT2D eigenvalue weighted by Gasteiger charge is 2.31. The number of nitrogens with zero attached hydrogens (tertiary/aromatic N) is 2. The molecule has 1 aliphatic rings. The second kappa shape index (κ2) is 10.3. The van der Waals surface area contributed by atoms with Gasteiger partial charge in [-0.1, -0.05) is 37.3 Å². The molecule has 37 heavy (non-hydrogen) atoms. The van der Waals surface area contributed by atoms with Gasteiger partial charge in [-0.3, -0.25) is 9.59 Å². The fraction of sp³-hybridized carbons (Fsp3) is 0.241. The number of fused-ring (bicyclic) bond motifs is 2. The molecular formula is C29H29N3O5. The molecule has 0 bridgehead atoms. The molecule has 5 rings (SSSR count). The van der Waals surface area contributed by atoms with E-state index in [1.165, 1.54) is 4.68 Å². The van der Waals surface area contributed by atoms with Gasteiger partial charge in [-0.15, -0.1) is 0 Å². The van der Waals surface area contributed by atoms with E-state index < -0.39 is 0 Å². The van der Waals surface area contributed by atoms with E-state index in [0.717, 1.165) is 17.5 Å². The second-order valence-electron chi connectivity index (χ2n) is 8.71.